The highest BCUT2D eigenvalue weighted by Gasteiger charge is 2.16. The summed E-state index contributed by atoms with van der Waals surface area (Å²) in [6.45, 7) is 5.43. The molecule has 2 aromatic carbocycles. The summed E-state index contributed by atoms with van der Waals surface area (Å²) in [5.74, 6) is -0.266. The van der Waals surface area contributed by atoms with Crippen LogP contribution in [0.2, 0.25) is 0 Å². The van der Waals surface area contributed by atoms with Crippen LogP contribution >= 0.6 is 0 Å². The minimum Gasteiger partial charge on any atom is -0.507 e. The first kappa shape index (κ1) is 16.3. The maximum absolute atomic E-state index is 12.3. The first-order chi connectivity index (χ1) is 11.6. The maximum atomic E-state index is 12.3. The van der Waals surface area contributed by atoms with Crippen molar-refractivity contribution in [1.82, 2.24) is 5.32 Å². The van der Waals surface area contributed by atoms with Crippen molar-refractivity contribution in [2.24, 2.45) is 0 Å². The number of ether oxygens (including phenoxy) is 1. The number of aryl methyl sites for hydroxylation is 1. The van der Waals surface area contributed by atoms with Gasteiger partial charge in [-0.3, -0.25) is 4.79 Å². The van der Waals surface area contributed by atoms with Crippen molar-refractivity contribution in [3.05, 3.63) is 59.2 Å². The average Bonchev–Trinajstić information content (AvgIpc) is 2.61. The van der Waals surface area contributed by atoms with Crippen molar-refractivity contribution in [1.29, 1.82) is 0 Å². The summed E-state index contributed by atoms with van der Waals surface area (Å²) in [6.07, 6.45) is 0. The number of benzene rings is 2. The molecule has 1 amide bonds. The van der Waals surface area contributed by atoms with E-state index >= 15 is 0 Å². The first-order valence-corrected chi connectivity index (χ1v) is 8.13. The molecule has 3 rings (SSSR count). The van der Waals surface area contributed by atoms with Crippen LogP contribution in [-0.4, -0.2) is 37.3 Å². The highest BCUT2D eigenvalue weighted by atomic mass is 16.5. The molecule has 5 nitrogen and oxygen atoms in total. The molecule has 1 saturated heterocycles. The number of aromatic hydroxyl groups is 1. The SMILES string of the molecule is Cc1ccc(C(=O)NCc2ccccc2N2CCOCC2)c(O)c1. The van der Waals surface area contributed by atoms with Gasteiger partial charge < -0.3 is 20.1 Å². The lowest BCUT2D eigenvalue weighted by molar-refractivity contribution is 0.0948. The quantitative estimate of drug-likeness (QED) is 0.906. The molecular formula is C19H22N2O3. The molecule has 0 atom stereocenters. The Kier molecular flexibility index (Phi) is 5.01. The third-order valence-corrected chi connectivity index (χ3v) is 4.18. The van der Waals surface area contributed by atoms with E-state index in [4.69, 9.17) is 4.74 Å². The number of hydrogen-bond donors (Lipinski definition) is 2. The van der Waals surface area contributed by atoms with Gasteiger partial charge in [0, 0.05) is 25.3 Å². The minimum atomic E-state index is -0.274. The van der Waals surface area contributed by atoms with Crippen LogP contribution in [0.3, 0.4) is 0 Å². The molecule has 0 aromatic heterocycles. The Morgan fingerprint density at radius 1 is 1.21 bits per heavy atom. The number of carbonyl (C=O) groups is 1. The predicted octanol–water partition coefficient (Wildman–Crippen LogP) is 2.47. The van der Waals surface area contributed by atoms with E-state index in [2.05, 4.69) is 16.3 Å². The van der Waals surface area contributed by atoms with Crippen molar-refractivity contribution in [2.45, 2.75) is 13.5 Å². The molecule has 126 valence electrons. The van der Waals surface area contributed by atoms with E-state index in [0.717, 1.165) is 43.1 Å². The number of phenolic OH excluding ortho intramolecular Hbond substituents is 1. The summed E-state index contributed by atoms with van der Waals surface area (Å²) >= 11 is 0. The minimum absolute atomic E-state index is 0.00830. The summed E-state index contributed by atoms with van der Waals surface area (Å²) in [6, 6.07) is 13.1. The molecule has 1 fully saturated rings. The van der Waals surface area contributed by atoms with Crippen LogP contribution in [-0.2, 0) is 11.3 Å². The second kappa shape index (κ2) is 7.36. The standard InChI is InChI=1S/C19H22N2O3/c1-14-6-7-16(18(22)12-14)19(23)20-13-15-4-2-3-5-17(15)21-8-10-24-11-9-21/h2-7,12,22H,8-11,13H2,1H3,(H,20,23). The molecule has 0 radical (unpaired) electrons. The van der Waals surface area contributed by atoms with E-state index in [-0.39, 0.29) is 11.7 Å². The van der Waals surface area contributed by atoms with Gasteiger partial charge in [0.25, 0.3) is 5.91 Å². The molecule has 1 aliphatic heterocycles. The van der Waals surface area contributed by atoms with Crippen molar-refractivity contribution in [2.75, 3.05) is 31.2 Å². The molecule has 5 heteroatoms. The number of para-hydroxylation sites is 1. The van der Waals surface area contributed by atoms with Crippen molar-refractivity contribution < 1.29 is 14.6 Å². The molecular weight excluding hydrogens is 304 g/mol. The second-order valence-electron chi connectivity index (χ2n) is 5.93. The zero-order chi connectivity index (χ0) is 16.9. The Labute approximate surface area is 141 Å². The molecule has 0 saturated carbocycles. The van der Waals surface area contributed by atoms with Gasteiger partial charge in [-0.2, -0.15) is 0 Å². The molecule has 0 bridgehead atoms. The number of hydrogen-bond acceptors (Lipinski definition) is 4. The van der Waals surface area contributed by atoms with Crippen LogP contribution in [0.5, 0.6) is 5.75 Å². The van der Waals surface area contributed by atoms with E-state index < -0.39 is 0 Å². The number of morpholine rings is 1. The van der Waals surface area contributed by atoms with Gasteiger partial charge >= 0.3 is 0 Å². The van der Waals surface area contributed by atoms with Crippen LogP contribution in [0.25, 0.3) is 0 Å². The van der Waals surface area contributed by atoms with Crippen molar-refractivity contribution >= 4 is 11.6 Å². The number of phenols is 1. The van der Waals surface area contributed by atoms with Crippen molar-refractivity contribution in [3.8, 4) is 5.75 Å². The van der Waals surface area contributed by atoms with E-state index in [9.17, 15) is 9.90 Å². The molecule has 2 N–H and O–H groups in total. The summed E-state index contributed by atoms with van der Waals surface area (Å²) in [4.78, 5) is 14.6. The van der Waals surface area contributed by atoms with Crippen LogP contribution in [0.1, 0.15) is 21.5 Å². The molecule has 0 aliphatic carbocycles. The summed E-state index contributed by atoms with van der Waals surface area (Å²) in [5.41, 5.74) is 3.39. The van der Waals surface area contributed by atoms with Gasteiger partial charge in [0.05, 0.1) is 18.8 Å². The van der Waals surface area contributed by atoms with Crippen LogP contribution in [0.15, 0.2) is 42.5 Å². The molecule has 1 heterocycles. The normalized spacial score (nSPS) is 14.5. The summed E-state index contributed by atoms with van der Waals surface area (Å²) in [7, 11) is 0. The number of amides is 1. The number of nitrogens with one attached hydrogen (secondary N) is 1. The summed E-state index contributed by atoms with van der Waals surface area (Å²) < 4.78 is 5.40. The Morgan fingerprint density at radius 3 is 2.71 bits per heavy atom. The molecule has 2 aromatic rings. The third kappa shape index (κ3) is 3.68. The number of anilines is 1. The van der Waals surface area contributed by atoms with Crippen LogP contribution in [0, 0.1) is 6.92 Å². The third-order valence-electron chi connectivity index (χ3n) is 4.18. The van der Waals surface area contributed by atoms with E-state index in [1.807, 2.05) is 31.2 Å². The van der Waals surface area contributed by atoms with Crippen LogP contribution < -0.4 is 10.2 Å². The Morgan fingerprint density at radius 2 is 1.96 bits per heavy atom. The number of nitrogens with zero attached hydrogens (tertiary/aromatic N) is 1. The number of rotatable bonds is 4. The van der Waals surface area contributed by atoms with E-state index in [0.29, 0.717) is 12.1 Å². The monoisotopic (exact) mass is 326 g/mol. The van der Waals surface area contributed by atoms with Gasteiger partial charge in [-0.1, -0.05) is 24.3 Å². The average molecular weight is 326 g/mol. The fourth-order valence-corrected chi connectivity index (χ4v) is 2.88. The Balaban J connectivity index is 1.71. The van der Waals surface area contributed by atoms with Gasteiger partial charge in [0.15, 0.2) is 0 Å². The van der Waals surface area contributed by atoms with Gasteiger partial charge in [0.1, 0.15) is 5.75 Å². The van der Waals surface area contributed by atoms with Gasteiger partial charge in [-0.05, 0) is 36.2 Å². The highest BCUT2D eigenvalue weighted by molar-refractivity contribution is 5.96. The zero-order valence-electron chi connectivity index (χ0n) is 13.8. The lowest BCUT2D eigenvalue weighted by atomic mass is 10.1. The Hall–Kier alpha value is -2.53. The fraction of sp³-hybridized carbons (Fsp3) is 0.316. The molecule has 1 aliphatic rings. The molecule has 0 unspecified atom stereocenters. The lowest BCUT2D eigenvalue weighted by Gasteiger charge is -2.30. The van der Waals surface area contributed by atoms with Gasteiger partial charge in [0.2, 0.25) is 0 Å². The summed E-state index contributed by atoms with van der Waals surface area (Å²) in [5, 5.41) is 12.8. The molecule has 0 spiro atoms. The highest BCUT2D eigenvalue weighted by Crippen LogP contribution is 2.22. The predicted molar refractivity (Wildman–Crippen MR) is 93.5 cm³/mol. The van der Waals surface area contributed by atoms with Crippen LogP contribution in [0.4, 0.5) is 5.69 Å². The van der Waals surface area contributed by atoms with Gasteiger partial charge in [-0.25, -0.2) is 0 Å². The lowest BCUT2D eigenvalue weighted by Crippen LogP contribution is -2.37. The topological polar surface area (TPSA) is 61.8 Å². The fourth-order valence-electron chi connectivity index (χ4n) is 2.88. The van der Waals surface area contributed by atoms with E-state index in [1.54, 1.807) is 12.1 Å². The molecule has 24 heavy (non-hydrogen) atoms. The smallest absolute Gasteiger partial charge is 0.255 e. The zero-order valence-corrected chi connectivity index (χ0v) is 13.8. The second-order valence-corrected chi connectivity index (χ2v) is 5.93. The van der Waals surface area contributed by atoms with Gasteiger partial charge in [-0.15, -0.1) is 0 Å². The maximum Gasteiger partial charge on any atom is 0.255 e. The van der Waals surface area contributed by atoms with Crippen molar-refractivity contribution in [3.63, 3.8) is 0 Å². The van der Waals surface area contributed by atoms with E-state index in [1.165, 1.54) is 0 Å². The first-order valence-electron chi connectivity index (χ1n) is 8.13. The largest absolute Gasteiger partial charge is 0.507 e. The Bertz CT molecular complexity index is 724. The number of carbonyl (C=O) groups excluding carboxylic acids is 1.